The Kier molecular flexibility index (Phi) is 4.37. The molecule has 0 fully saturated rings. The molecule has 4 nitrogen and oxygen atoms in total. The number of methoxy groups -OCH3 is 1. The minimum atomic E-state index is -0.133. The first-order valence-corrected chi connectivity index (χ1v) is 5.40. The van der Waals surface area contributed by atoms with E-state index in [0.29, 0.717) is 17.0 Å². The molecule has 1 rings (SSSR count). The molecule has 0 radical (unpaired) electrons. The lowest BCUT2D eigenvalue weighted by Crippen LogP contribution is -2.22. The van der Waals surface area contributed by atoms with Crippen LogP contribution in [0.3, 0.4) is 0 Å². The second-order valence-corrected chi connectivity index (χ2v) is 3.95. The third-order valence-corrected chi connectivity index (χ3v) is 2.31. The number of ether oxygens (including phenoxy) is 1. The minimum absolute atomic E-state index is 0.133. The maximum atomic E-state index is 12.0. The number of thiocarbonyl (C=S) groups is 1. The zero-order valence-corrected chi connectivity index (χ0v) is 11.1. The van der Waals surface area contributed by atoms with Crippen molar-refractivity contribution < 1.29 is 9.53 Å². The van der Waals surface area contributed by atoms with E-state index in [-0.39, 0.29) is 5.91 Å². The van der Waals surface area contributed by atoms with Gasteiger partial charge in [-0.3, -0.25) is 4.79 Å². The average molecular weight is 250 g/mol. The van der Waals surface area contributed by atoms with Gasteiger partial charge in [0.2, 0.25) is 0 Å². The molecule has 5 heteroatoms. The van der Waals surface area contributed by atoms with E-state index in [1.54, 1.807) is 26.2 Å². The number of aliphatic imine (C=N–C) groups is 1. The van der Waals surface area contributed by atoms with Gasteiger partial charge in [-0.25, -0.2) is 0 Å². The van der Waals surface area contributed by atoms with Crippen LogP contribution < -0.4 is 4.74 Å². The van der Waals surface area contributed by atoms with Crippen molar-refractivity contribution in [3.8, 4) is 5.75 Å². The first kappa shape index (κ1) is 13.4. The van der Waals surface area contributed by atoms with Crippen LogP contribution in [0.1, 0.15) is 15.9 Å². The Bertz CT molecular complexity index is 492. The molecule has 0 aromatic heterocycles. The molecule has 0 unspecified atom stereocenters. The molecular weight excluding hydrogens is 236 g/mol. The molecule has 1 aromatic rings. The molecule has 0 spiro atoms. The van der Waals surface area contributed by atoms with Crippen LogP contribution in [0.5, 0.6) is 5.75 Å². The highest BCUT2D eigenvalue weighted by Gasteiger charge is 2.18. The van der Waals surface area contributed by atoms with Crippen LogP contribution in [0.15, 0.2) is 17.1 Å². The molecule has 1 amide bonds. The first-order valence-electron chi connectivity index (χ1n) is 4.99. The Morgan fingerprint density at radius 3 is 2.59 bits per heavy atom. The summed E-state index contributed by atoms with van der Waals surface area (Å²) >= 11 is 4.58. The molecule has 17 heavy (non-hydrogen) atoms. The number of nitrogens with zero attached hydrogens (tertiary/aromatic N) is 2. The molecule has 0 saturated heterocycles. The number of amides is 1. The van der Waals surface area contributed by atoms with Gasteiger partial charge in [-0.05, 0) is 36.8 Å². The number of benzene rings is 1. The third-order valence-electron chi connectivity index (χ3n) is 2.22. The summed E-state index contributed by atoms with van der Waals surface area (Å²) in [4.78, 5) is 17.4. The van der Waals surface area contributed by atoms with Gasteiger partial charge in [0.25, 0.3) is 5.91 Å². The fraction of sp³-hybridized carbons (Fsp3) is 0.333. The molecule has 0 aliphatic rings. The zero-order chi connectivity index (χ0) is 13.0. The van der Waals surface area contributed by atoms with E-state index < -0.39 is 0 Å². The molecule has 0 aliphatic heterocycles. The van der Waals surface area contributed by atoms with Crippen LogP contribution in [-0.2, 0) is 0 Å². The van der Waals surface area contributed by atoms with Gasteiger partial charge in [0.15, 0.2) is 5.75 Å². The molecule has 0 atom stereocenters. The number of isothiocyanates is 1. The van der Waals surface area contributed by atoms with Crippen LogP contribution in [0, 0.1) is 6.92 Å². The molecular formula is C12H14N2O2S. The fourth-order valence-electron chi connectivity index (χ4n) is 1.50. The van der Waals surface area contributed by atoms with Crippen molar-refractivity contribution in [2.45, 2.75) is 6.92 Å². The number of rotatable bonds is 3. The van der Waals surface area contributed by atoms with Gasteiger partial charge < -0.3 is 9.64 Å². The molecule has 0 bridgehead atoms. The highest BCUT2D eigenvalue weighted by Crippen LogP contribution is 2.33. The van der Waals surface area contributed by atoms with E-state index in [1.807, 2.05) is 6.92 Å². The summed E-state index contributed by atoms with van der Waals surface area (Å²) in [5.41, 5.74) is 1.91. The van der Waals surface area contributed by atoms with Crippen molar-refractivity contribution in [3.63, 3.8) is 0 Å². The highest BCUT2D eigenvalue weighted by atomic mass is 32.1. The van der Waals surface area contributed by atoms with E-state index >= 15 is 0 Å². The van der Waals surface area contributed by atoms with Gasteiger partial charge in [0, 0.05) is 14.1 Å². The number of carbonyl (C=O) groups is 1. The number of hydrogen-bond donors (Lipinski definition) is 0. The summed E-state index contributed by atoms with van der Waals surface area (Å²) in [5.74, 6) is 0.290. The van der Waals surface area contributed by atoms with Gasteiger partial charge in [0.1, 0.15) is 5.69 Å². The van der Waals surface area contributed by atoms with E-state index in [4.69, 9.17) is 4.74 Å². The van der Waals surface area contributed by atoms with E-state index in [1.165, 1.54) is 12.0 Å². The van der Waals surface area contributed by atoms with Crippen molar-refractivity contribution in [3.05, 3.63) is 23.3 Å². The maximum absolute atomic E-state index is 12.0. The fourth-order valence-corrected chi connectivity index (χ4v) is 1.60. The number of aryl methyl sites for hydroxylation is 1. The van der Waals surface area contributed by atoms with Crippen molar-refractivity contribution >= 4 is 29.0 Å². The second-order valence-electron chi connectivity index (χ2n) is 3.77. The first-order chi connectivity index (χ1) is 8.01. The molecule has 1 aromatic carbocycles. The smallest absolute Gasteiger partial charge is 0.257 e. The number of carbonyl (C=O) groups excluding carboxylic acids is 1. The van der Waals surface area contributed by atoms with Crippen molar-refractivity contribution in [1.29, 1.82) is 0 Å². The van der Waals surface area contributed by atoms with E-state index in [9.17, 15) is 4.79 Å². The minimum Gasteiger partial charge on any atom is -0.494 e. The topological polar surface area (TPSA) is 41.9 Å². The predicted molar refractivity (Wildman–Crippen MR) is 70.4 cm³/mol. The van der Waals surface area contributed by atoms with E-state index in [0.717, 1.165) is 5.56 Å². The Morgan fingerprint density at radius 2 is 2.12 bits per heavy atom. The Morgan fingerprint density at radius 1 is 1.47 bits per heavy atom. The summed E-state index contributed by atoms with van der Waals surface area (Å²) in [7, 11) is 4.87. The van der Waals surface area contributed by atoms with Gasteiger partial charge in [-0.1, -0.05) is 0 Å². The van der Waals surface area contributed by atoms with Crippen LogP contribution in [0.4, 0.5) is 5.69 Å². The lowest BCUT2D eigenvalue weighted by molar-refractivity contribution is 0.0824. The van der Waals surface area contributed by atoms with Gasteiger partial charge in [-0.2, -0.15) is 4.99 Å². The largest absolute Gasteiger partial charge is 0.494 e. The quantitative estimate of drug-likeness (QED) is 0.611. The van der Waals surface area contributed by atoms with Crippen molar-refractivity contribution in [2.75, 3.05) is 21.2 Å². The van der Waals surface area contributed by atoms with E-state index in [2.05, 4.69) is 22.4 Å². The summed E-state index contributed by atoms with van der Waals surface area (Å²) in [6, 6.07) is 3.56. The van der Waals surface area contributed by atoms with Crippen LogP contribution in [0.2, 0.25) is 0 Å². The average Bonchev–Trinajstić information content (AvgIpc) is 2.27. The molecule has 0 saturated carbocycles. The van der Waals surface area contributed by atoms with Gasteiger partial charge in [-0.15, -0.1) is 0 Å². The molecule has 0 N–H and O–H groups in total. The Labute approximate surface area is 106 Å². The summed E-state index contributed by atoms with van der Waals surface area (Å²) in [5, 5.41) is 2.28. The normalized spacial score (nSPS) is 9.41. The standard InChI is InChI=1S/C12H14N2O2S/c1-8-5-9(12(15)14(2)3)11(16-4)10(6-8)13-7-17/h5-6H,1-4H3. The molecule has 0 heterocycles. The monoisotopic (exact) mass is 250 g/mol. The highest BCUT2D eigenvalue weighted by molar-refractivity contribution is 7.78. The third kappa shape index (κ3) is 2.90. The summed E-state index contributed by atoms with van der Waals surface area (Å²) < 4.78 is 5.23. The summed E-state index contributed by atoms with van der Waals surface area (Å²) in [6.45, 7) is 1.88. The van der Waals surface area contributed by atoms with Crippen molar-refractivity contribution in [1.82, 2.24) is 4.90 Å². The molecule has 90 valence electrons. The van der Waals surface area contributed by atoms with Crippen LogP contribution in [-0.4, -0.2) is 37.2 Å². The Balaban J connectivity index is 3.48. The maximum Gasteiger partial charge on any atom is 0.257 e. The SMILES string of the molecule is COc1c(N=C=S)cc(C)cc1C(=O)N(C)C. The molecule has 0 aliphatic carbocycles. The second kappa shape index (κ2) is 5.57. The lowest BCUT2D eigenvalue weighted by Gasteiger charge is -2.15. The van der Waals surface area contributed by atoms with Crippen molar-refractivity contribution in [2.24, 2.45) is 4.99 Å². The zero-order valence-electron chi connectivity index (χ0n) is 10.3. The predicted octanol–water partition coefficient (Wildman–Crippen LogP) is 2.44. The van der Waals surface area contributed by atoms with Crippen LogP contribution >= 0.6 is 12.2 Å². The van der Waals surface area contributed by atoms with Gasteiger partial charge >= 0.3 is 0 Å². The van der Waals surface area contributed by atoms with Gasteiger partial charge in [0.05, 0.1) is 17.8 Å². The summed E-state index contributed by atoms with van der Waals surface area (Å²) in [6.07, 6.45) is 0. The number of hydrogen-bond acceptors (Lipinski definition) is 4. The lowest BCUT2D eigenvalue weighted by atomic mass is 10.1. The Hall–Kier alpha value is -1.71. The van der Waals surface area contributed by atoms with Crippen LogP contribution in [0.25, 0.3) is 0 Å².